The van der Waals surface area contributed by atoms with Crippen LogP contribution in [0, 0.1) is 15.5 Å². The molecular weight excluding hydrogens is 464 g/mol. The highest BCUT2D eigenvalue weighted by Gasteiger charge is 2.61. The van der Waals surface area contributed by atoms with E-state index in [4.69, 9.17) is 23.8 Å². The van der Waals surface area contributed by atoms with Gasteiger partial charge in [-0.1, -0.05) is 36.6 Å². The molecule has 2 aromatic carbocycles. The summed E-state index contributed by atoms with van der Waals surface area (Å²) in [5, 5.41) is 14.5. The fourth-order valence-corrected chi connectivity index (χ4v) is 5.88. The molecular formula is C23H21ClN4O4S. The number of carbonyl (C=O) groups is 2. The molecule has 10 heteroatoms. The molecule has 5 rings (SSSR count). The number of fused-ring (bicyclic) bond motifs is 4. The summed E-state index contributed by atoms with van der Waals surface area (Å²) in [6.07, 6.45) is 3.47. The molecule has 2 amide bonds. The number of hydrogen-bond donors (Lipinski definition) is 1. The number of hydrogen-bond acceptors (Lipinski definition) is 6. The van der Waals surface area contributed by atoms with E-state index in [9.17, 15) is 19.7 Å². The minimum absolute atomic E-state index is 0.0197. The predicted molar refractivity (Wildman–Crippen MR) is 129 cm³/mol. The Morgan fingerprint density at radius 2 is 1.91 bits per heavy atom. The Balaban J connectivity index is 1.70. The highest BCUT2D eigenvalue weighted by atomic mass is 35.5. The van der Waals surface area contributed by atoms with E-state index in [-0.39, 0.29) is 17.2 Å². The minimum atomic E-state index is -1.48. The number of thiocarbonyl (C=S) groups is 1. The van der Waals surface area contributed by atoms with Crippen LogP contribution in [0.1, 0.15) is 31.2 Å². The van der Waals surface area contributed by atoms with Gasteiger partial charge >= 0.3 is 0 Å². The van der Waals surface area contributed by atoms with Crippen molar-refractivity contribution < 1.29 is 14.5 Å². The van der Waals surface area contributed by atoms with E-state index in [1.165, 1.54) is 17.0 Å². The molecule has 3 heterocycles. The Hall–Kier alpha value is -3.04. The fraction of sp³-hybridized carbons (Fsp3) is 0.348. The standard InChI is InChI=1S/C23H21ClN4O4S/c24-16-6-3-4-7-18(16)27-21(30)23(20(29)25-22(27)33)13-14-12-15(28(31)32)9-10-17(14)26-11-5-1-2-8-19(23)26/h3-4,6-7,9-10,12,19H,1-2,5,8,11,13H2,(H,25,29,33)/t19-,23+/m0/s1. The van der Waals surface area contributed by atoms with Crippen molar-refractivity contribution in [2.24, 2.45) is 5.41 Å². The first-order valence-corrected chi connectivity index (χ1v) is 11.6. The summed E-state index contributed by atoms with van der Waals surface area (Å²) in [5.41, 5.74) is 0.306. The average Bonchev–Trinajstić information content (AvgIpc) is 3.05. The molecule has 2 atom stereocenters. The van der Waals surface area contributed by atoms with Crippen LogP contribution >= 0.6 is 23.8 Å². The molecule has 2 saturated heterocycles. The lowest BCUT2D eigenvalue weighted by molar-refractivity contribution is -0.384. The van der Waals surface area contributed by atoms with E-state index in [0.717, 1.165) is 24.9 Å². The normalized spacial score (nSPS) is 24.8. The van der Waals surface area contributed by atoms with Gasteiger partial charge in [-0.2, -0.15) is 0 Å². The second-order valence-corrected chi connectivity index (χ2v) is 9.42. The molecule has 0 aromatic heterocycles. The van der Waals surface area contributed by atoms with Gasteiger partial charge in [0.15, 0.2) is 10.5 Å². The first-order valence-electron chi connectivity index (χ1n) is 10.8. The predicted octanol–water partition coefficient (Wildman–Crippen LogP) is 3.99. The third-order valence-electron chi connectivity index (χ3n) is 6.88. The summed E-state index contributed by atoms with van der Waals surface area (Å²) in [7, 11) is 0. The molecule has 33 heavy (non-hydrogen) atoms. The number of nitrogens with zero attached hydrogens (tertiary/aromatic N) is 3. The lowest BCUT2D eigenvalue weighted by atomic mass is 9.67. The van der Waals surface area contributed by atoms with Gasteiger partial charge in [-0.15, -0.1) is 0 Å². The summed E-state index contributed by atoms with van der Waals surface area (Å²) in [4.78, 5) is 42.2. The maximum absolute atomic E-state index is 14.2. The Morgan fingerprint density at radius 3 is 2.67 bits per heavy atom. The zero-order valence-electron chi connectivity index (χ0n) is 17.6. The molecule has 0 radical (unpaired) electrons. The molecule has 1 N–H and O–H groups in total. The molecule has 170 valence electrons. The van der Waals surface area contributed by atoms with Gasteiger partial charge in [0, 0.05) is 30.8 Å². The van der Waals surface area contributed by atoms with Crippen molar-refractivity contribution in [2.45, 2.75) is 38.1 Å². The number of para-hydroxylation sites is 1. The lowest BCUT2D eigenvalue weighted by Crippen LogP contribution is -2.72. The van der Waals surface area contributed by atoms with Gasteiger partial charge in [-0.05, 0) is 48.8 Å². The van der Waals surface area contributed by atoms with Crippen LogP contribution in [0.2, 0.25) is 5.02 Å². The average molecular weight is 485 g/mol. The van der Waals surface area contributed by atoms with Crippen LogP contribution in [0.3, 0.4) is 0 Å². The second-order valence-electron chi connectivity index (χ2n) is 8.63. The molecule has 2 aromatic rings. The third kappa shape index (κ3) is 3.29. The smallest absolute Gasteiger partial charge is 0.269 e. The molecule has 3 aliphatic heterocycles. The molecule has 0 aliphatic carbocycles. The number of benzene rings is 2. The maximum Gasteiger partial charge on any atom is 0.269 e. The van der Waals surface area contributed by atoms with Crippen LogP contribution < -0.4 is 15.1 Å². The Bertz CT molecular complexity index is 1200. The molecule has 0 unspecified atom stereocenters. The van der Waals surface area contributed by atoms with Crippen LogP contribution in [-0.2, 0) is 16.0 Å². The SMILES string of the molecule is O=C1NC(=S)N(c2ccccc2Cl)C(=O)[C@@]12Cc1cc([N+](=O)[O-])ccc1N1CCCCC[C@H]12. The van der Waals surface area contributed by atoms with Crippen molar-refractivity contribution in [2.75, 3.05) is 16.3 Å². The van der Waals surface area contributed by atoms with Crippen LogP contribution in [0.25, 0.3) is 0 Å². The zero-order chi connectivity index (χ0) is 23.3. The summed E-state index contributed by atoms with van der Waals surface area (Å²) >= 11 is 11.8. The second kappa shape index (κ2) is 8.07. The monoisotopic (exact) mass is 484 g/mol. The number of carbonyl (C=O) groups excluding carboxylic acids is 2. The van der Waals surface area contributed by atoms with Crippen molar-refractivity contribution >= 4 is 57.8 Å². The zero-order valence-corrected chi connectivity index (χ0v) is 19.2. The Morgan fingerprint density at radius 1 is 1.12 bits per heavy atom. The number of rotatable bonds is 2. The summed E-state index contributed by atoms with van der Waals surface area (Å²) in [5.74, 6) is -0.909. The molecule has 1 spiro atoms. The molecule has 2 fully saturated rings. The highest BCUT2D eigenvalue weighted by molar-refractivity contribution is 7.80. The van der Waals surface area contributed by atoms with Crippen molar-refractivity contribution in [3.63, 3.8) is 0 Å². The van der Waals surface area contributed by atoms with E-state index in [1.807, 2.05) is 0 Å². The number of anilines is 2. The number of nitrogens with one attached hydrogen (secondary N) is 1. The maximum atomic E-state index is 14.2. The first-order chi connectivity index (χ1) is 15.8. The Labute approximate surface area is 200 Å². The van der Waals surface area contributed by atoms with Crippen molar-refractivity contribution in [3.05, 3.63) is 63.2 Å². The van der Waals surface area contributed by atoms with Crippen LogP contribution in [0.5, 0.6) is 0 Å². The fourth-order valence-electron chi connectivity index (χ4n) is 5.39. The van der Waals surface area contributed by atoms with Crippen molar-refractivity contribution in [1.29, 1.82) is 0 Å². The number of nitro groups is 1. The van der Waals surface area contributed by atoms with Crippen molar-refractivity contribution in [3.8, 4) is 0 Å². The molecule has 0 saturated carbocycles. The van der Waals surface area contributed by atoms with Gasteiger partial charge in [-0.25, -0.2) is 0 Å². The number of non-ortho nitro benzene ring substituents is 1. The molecule has 3 aliphatic rings. The van der Waals surface area contributed by atoms with Gasteiger partial charge in [0.25, 0.3) is 11.6 Å². The number of amides is 2. The largest absolute Gasteiger partial charge is 0.367 e. The highest BCUT2D eigenvalue weighted by Crippen LogP contribution is 2.48. The van der Waals surface area contributed by atoms with Gasteiger partial charge in [0.2, 0.25) is 5.91 Å². The topological polar surface area (TPSA) is 95.8 Å². The third-order valence-corrected chi connectivity index (χ3v) is 7.49. The van der Waals surface area contributed by atoms with E-state index in [0.29, 0.717) is 29.2 Å². The minimum Gasteiger partial charge on any atom is -0.367 e. The van der Waals surface area contributed by atoms with Crippen molar-refractivity contribution in [1.82, 2.24) is 5.32 Å². The summed E-state index contributed by atoms with van der Waals surface area (Å²) in [6.45, 7) is 0.661. The van der Waals surface area contributed by atoms with Crippen LogP contribution in [0.4, 0.5) is 17.1 Å². The van der Waals surface area contributed by atoms with E-state index in [1.54, 1.807) is 30.3 Å². The van der Waals surface area contributed by atoms with Gasteiger partial charge in [0.1, 0.15) is 0 Å². The summed E-state index contributed by atoms with van der Waals surface area (Å²) in [6, 6.07) is 11.1. The van der Waals surface area contributed by atoms with E-state index < -0.39 is 28.2 Å². The van der Waals surface area contributed by atoms with E-state index in [2.05, 4.69) is 10.2 Å². The first kappa shape index (κ1) is 21.8. The van der Waals surface area contributed by atoms with Crippen LogP contribution in [0.15, 0.2) is 42.5 Å². The van der Waals surface area contributed by atoms with Gasteiger partial charge in [-0.3, -0.25) is 24.6 Å². The van der Waals surface area contributed by atoms with E-state index >= 15 is 0 Å². The molecule has 8 nitrogen and oxygen atoms in total. The lowest BCUT2D eigenvalue weighted by Gasteiger charge is -2.52. The quantitative estimate of drug-likeness (QED) is 0.300. The molecule has 0 bridgehead atoms. The summed E-state index contributed by atoms with van der Waals surface area (Å²) < 4.78 is 0. The number of halogens is 1. The van der Waals surface area contributed by atoms with Gasteiger partial charge in [0.05, 0.1) is 21.7 Å². The number of nitro benzene ring substituents is 1. The Kier molecular flexibility index (Phi) is 5.33. The van der Waals surface area contributed by atoms with Gasteiger partial charge < -0.3 is 10.2 Å². The van der Waals surface area contributed by atoms with Crippen LogP contribution in [-0.4, -0.2) is 34.4 Å².